The molecule has 0 atom stereocenters. The van der Waals surface area contributed by atoms with Gasteiger partial charge in [-0.15, -0.1) is 0 Å². The average molecular weight is 220 g/mol. The first kappa shape index (κ1) is 9.99. The molecule has 1 N–H and O–H groups in total. The molecular weight excluding hydrogens is 210 g/mol. The predicted molar refractivity (Wildman–Crippen MR) is 61.1 cm³/mol. The van der Waals surface area contributed by atoms with Crippen LogP contribution in [-0.2, 0) is 4.79 Å². The van der Waals surface area contributed by atoms with Gasteiger partial charge in [-0.2, -0.15) is 0 Å². The number of carbonyl (C=O) groups is 1. The number of rotatable bonds is 1. The smallest absolute Gasteiger partial charge is 0.256 e. The van der Waals surface area contributed by atoms with E-state index in [4.69, 9.17) is 11.6 Å². The Bertz CT molecular complexity index is 460. The van der Waals surface area contributed by atoms with Gasteiger partial charge in [-0.1, -0.05) is 41.9 Å². The van der Waals surface area contributed by atoms with E-state index in [0.717, 1.165) is 11.1 Å². The Morgan fingerprint density at radius 2 is 1.93 bits per heavy atom. The van der Waals surface area contributed by atoms with Gasteiger partial charge in [0.1, 0.15) is 0 Å². The molecule has 2 rings (SSSR count). The summed E-state index contributed by atoms with van der Waals surface area (Å²) in [5.74, 6) is -0.0920. The summed E-state index contributed by atoms with van der Waals surface area (Å²) >= 11 is 5.61. The molecule has 0 spiro atoms. The van der Waals surface area contributed by atoms with E-state index in [1.807, 2.05) is 37.3 Å². The van der Waals surface area contributed by atoms with Gasteiger partial charge in [0.2, 0.25) is 0 Å². The molecule has 0 aromatic heterocycles. The fourth-order valence-corrected chi connectivity index (χ4v) is 1.86. The molecule has 1 amide bonds. The average Bonchev–Trinajstić information content (AvgIpc) is 2.55. The molecule has 1 aliphatic rings. The lowest BCUT2D eigenvalue weighted by Crippen LogP contribution is -2.15. The van der Waals surface area contributed by atoms with Gasteiger partial charge in [0.25, 0.3) is 5.91 Å². The number of benzene rings is 1. The van der Waals surface area contributed by atoms with Crippen LogP contribution in [-0.4, -0.2) is 5.91 Å². The topological polar surface area (TPSA) is 29.1 Å². The molecule has 0 fully saturated rings. The van der Waals surface area contributed by atoms with Crippen LogP contribution in [0.15, 0.2) is 47.1 Å². The van der Waals surface area contributed by atoms with Crippen LogP contribution in [0.1, 0.15) is 12.5 Å². The Labute approximate surface area is 93.3 Å². The van der Waals surface area contributed by atoms with Gasteiger partial charge in [-0.05, 0) is 18.1 Å². The van der Waals surface area contributed by atoms with Crippen molar-refractivity contribution in [1.82, 2.24) is 5.32 Å². The highest BCUT2D eigenvalue weighted by Gasteiger charge is 2.24. The zero-order chi connectivity index (χ0) is 10.8. The Kier molecular flexibility index (Phi) is 2.60. The van der Waals surface area contributed by atoms with E-state index < -0.39 is 0 Å². The van der Waals surface area contributed by atoms with Crippen LogP contribution >= 0.6 is 11.6 Å². The summed E-state index contributed by atoms with van der Waals surface area (Å²) in [5, 5.41) is 2.72. The van der Waals surface area contributed by atoms with E-state index in [1.165, 1.54) is 5.54 Å². The molecule has 0 unspecified atom stereocenters. The van der Waals surface area contributed by atoms with Gasteiger partial charge in [0.15, 0.2) is 0 Å². The van der Waals surface area contributed by atoms with Crippen molar-refractivity contribution in [2.45, 2.75) is 6.92 Å². The third-order valence-corrected chi connectivity index (χ3v) is 2.64. The van der Waals surface area contributed by atoms with E-state index in [2.05, 4.69) is 5.32 Å². The minimum atomic E-state index is -0.0920. The Morgan fingerprint density at radius 1 is 1.27 bits per heavy atom. The molecule has 0 radical (unpaired) electrons. The largest absolute Gasteiger partial charge is 0.321 e. The molecule has 0 bridgehead atoms. The Balaban J connectivity index is 2.54. The molecule has 2 nitrogen and oxygen atoms in total. The fraction of sp³-hybridized carbons (Fsp3) is 0.0833. The monoisotopic (exact) mass is 219 g/mol. The summed E-state index contributed by atoms with van der Waals surface area (Å²) in [5.41, 5.74) is 4.58. The number of allylic oxidation sites excluding steroid dienone is 1. The number of carbonyl (C=O) groups excluding carboxylic acids is 1. The Morgan fingerprint density at radius 3 is 2.47 bits per heavy atom. The predicted octanol–water partition coefficient (Wildman–Crippen LogP) is 2.67. The third kappa shape index (κ3) is 1.68. The van der Waals surface area contributed by atoms with Crippen LogP contribution < -0.4 is 5.32 Å². The van der Waals surface area contributed by atoms with Crippen LogP contribution in [0.4, 0.5) is 0 Å². The van der Waals surface area contributed by atoms with E-state index in [0.29, 0.717) is 11.3 Å². The molecule has 76 valence electrons. The zero-order valence-electron chi connectivity index (χ0n) is 8.25. The second-order valence-electron chi connectivity index (χ2n) is 3.34. The van der Waals surface area contributed by atoms with E-state index >= 15 is 0 Å². The molecule has 0 saturated carbocycles. The first-order chi connectivity index (χ1) is 7.24. The number of halogens is 1. The third-order valence-electron chi connectivity index (χ3n) is 2.43. The standard InChI is InChI=1S/C12H10ClNO/c1-8-10(7-13)14-12(15)11(8)9-5-3-2-4-6-9/h2-7H,1H3,(H,14,15). The van der Waals surface area contributed by atoms with E-state index in [-0.39, 0.29) is 5.91 Å². The minimum Gasteiger partial charge on any atom is -0.321 e. The van der Waals surface area contributed by atoms with Gasteiger partial charge < -0.3 is 5.32 Å². The maximum Gasteiger partial charge on any atom is 0.256 e. The van der Waals surface area contributed by atoms with Crippen molar-refractivity contribution in [3.8, 4) is 0 Å². The lowest BCUT2D eigenvalue weighted by atomic mass is 10.0. The lowest BCUT2D eigenvalue weighted by Gasteiger charge is -1.99. The van der Waals surface area contributed by atoms with Gasteiger partial charge in [-0.3, -0.25) is 4.79 Å². The molecule has 0 saturated heterocycles. The summed E-state index contributed by atoms with van der Waals surface area (Å²) in [6, 6.07) is 9.56. The highest BCUT2D eigenvalue weighted by molar-refractivity contribution is 6.29. The quantitative estimate of drug-likeness (QED) is 0.773. The highest BCUT2D eigenvalue weighted by Crippen LogP contribution is 2.28. The molecule has 1 heterocycles. The van der Waals surface area contributed by atoms with Crippen molar-refractivity contribution in [1.29, 1.82) is 0 Å². The summed E-state index contributed by atoms with van der Waals surface area (Å²) in [7, 11) is 0. The van der Waals surface area contributed by atoms with Crippen molar-refractivity contribution in [2.24, 2.45) is 0 Å². The lowest BCUT2D eigenvalue weighted by molar-refractivity contribution is -0.114. The summed E-state index contributed by atoms with van der Waals surface area (Å²) in [6.45, 7) is 1.88. The number of nitrogens with one attached hydrogen (secondary N) is 1. The zero-order valence-corrected chi connectivity index (χ0v) is 9.01. The normalized spacial score (nSPS) is 18.5. The molecule has 1 aromatic rings. The maximum atomic E-state index is 11.7. The second kappa shape index (κ2) is 3.91. The second-order valence-corrected chi connectivity index (χ2v) is 3.56. The minimum absolute atomic E-state index is 0.0920. The van der Waals surface area contributed by atoms with Gasteiger partial charge >= 0.3 is 0 Å². The molecule has 15 heavy (non-hydrogen) atoms. The van der Waals surface area contributed by atoms with E-state index in [1.54, 1.807) is 0 Å². The van der Waals surface area contributed by atoms with Crippen LogP contribution in [0.5, 0.6) is 0 Å². The first-order valence-corrected chi connectivity index (χ1v) is 5.06. The number of hydrogen-bond acceptors (Lipinski definition) is 1. The summed E-state index contributed by atoms with van der Waals surface area (Å²) in [6.07, 6.45) is 0. The van der Waals surface area contributed by atoms with Crippen molar-refractivity contribution >= 4 is 23.1 Å². The van der Waals surface area contributed by atoms with Crippen molar-refractivity contribution in [3.63, 3.8) is 0 Å². The fourth-order valence-electron chi connectivity index (χ4n) is 1.65. The summed E-state index contributed by atoms with van der Waals surface area (Å²) in [4.78, 5) is 11.7. The van der Waals surface area contributed by atoms with Gasteiger partial charge in [0.05, 0.1) is 11.3 Å². The van der Waals surface area contributed by atoms with Crippen LogP contribution in [0, 0.1) is 0 Å². The number of hydrogen-bond donors (Lipinski definition) is 1. The summed E-state index contributed by atoms with van der Waals surface area (Å²) < 4.78 is 0. The maximum absolute atomic E-state index is 11.7. The molecular formula is C12H10ClNO. The number of amides is 1. The van der Waals surface area contributed by atoms with Crippen molar-refractivity contribution in [3.05, 3.63) is 52.7 Å². The molecule has 1 aromatic carbocycles. The SMILES string of the molecule is CC1=C(c2ccccc2)C(=O)NC1=CCl. The van der Waals surface area contributed by atoms with Crippen molar-refractivity contribution in [2.75, 3.05) is 0 Å². The van der Waals surface area contributed by atoms with Gasteiger partial charge in [0, 0.05) is 5.54 Å². The van der Waals surface area contributed by atoms with Crippen molar-refractivity contribution < 1.29 is 4.79 Å². The van der Waals surface area contributed by atoms with Gasteiger partial charge in [-0.25, -0.2) is 0 Å². The highest BCUT2D eigenvalue weighted by atomic mass is 35.5. The van der Waals surface area contributed by atoms with Crippen LogP contribution in [0.3, 0.4) is 0 Å². The molecule has 1 aliphatic heterocycles. The molecule has 0 aliphatic carbocycles. The first-order valence-electron chi connectivity index (χ1n) is 4.62. The van der Waals surface area contributed by atoms with Crippen LogP contribution in [0.2, 0.25) is 0 Å². The molecule has 3 heteroatoms. The van der Waals surface area contributed by atoms with Crippen LogP contribution in [0.25, 0.3) is 5.57 Å². The Hall–Kier alpha value is -1.54. The van der Waals surface area contributed by atoms with E-state index in [9.17, 15) is 4.79 Å².